The van der Waals surface area contributed by atoms with Gasteiger partial charge < -0.3 is 15.4 Å². The van der Waals surface area contributed by atoms with E-state index in [0.29, 0.717) is 25.0 Å². The van der Waals surface area contributed by atoms with Gasteiger partial charge in [-0.3, -0.25) is 4.90 Å². The fraction of sp³-hybridized carbons (Fsp3) is 0.517. The predicted molar refractivity (Wildman–Crippen MR) is 149 cm³/mol. The number of tetrazole rings is 1. The van der Waals surface area contributed by atoms with Gasteiger partial charge in [-0.15, -0.1) is 5.10 Å². The fourth-order valence-corrected chi connectivity index (χ4v) is 5.72. The number of aromatic nitrogens is 4. The maximum atomic E-state index is 14.0. The van der Waals surface area contributed by atoms with Crippen molar-refractivity contribution in [3.8, 4) is 0 Å². The molecule has 18 heteroatoms. The molecule has 1 fully saturated rings. The van der Waals surface area contributed by atoms with Crippen LogP contribution in [0.3, 0.4) is 0 Å². The predicted octanol–water partition coefficient (Wildman–Crippen LogP) is 6.97. The second kappa shape index (κ2) is 12.5. The van der Waals surface area contributed by atoms with Crippen LogP contribution in [0.5, 0.6) is 0 Å². The molecule has 0 saturated heterocycles. The third kappa shape index (κ3) is 7.57. The number of carbonyl (C=O) groups excluding carboxylic acids is 1. The highest BCUT2D eigenvalue weighted by Gasteiger charge is 2.48. The summed E-state index contributed by atoms with van der Waals surface area (Å²) in [5.41, 5.74) is 0.880. The summed E-state index contributed by atoms with van der Waals surface area (Å²) in [6.45, 7) is 2.62. The molecule has 0 bridgehead atoms. The second-order valence-corrected chi connectivity index (χ2v) is 11.7. The molecule has 0 spiro atoms. The smallest absolute Gasteiger partial charge is 0.416 e. The summed E-state index contributed by atoms with van der Waals surface area (Å²) in [7, 11) is 0. The molecule has 3 aromatic rings. The summed E-state index contributed by atoms with van der Waals surface area (Å²) < 4.78 is 130. The third-order valence-electron chi connectivity index (χ3n) is 7.87. The first-order valence-corrected chi connectivity index (χ1v) is 14.6. The van der Waals surface area contributed by atoms with E-state index in [2.05, 4.69) is 15.4 Å². The van der Waals surface area contributed by atoms with E-state index in [1.54, 1.807) is 13.8 Å². The normalized spacial score (nSPS) is 18.8. The molecule has 2 N–H and O–H groups in total. The van der Waals surface area contributed by atoms with Crippen molar-refractivity contribution < 1.29 is 49.0 Å². The molecule has 47 heavy (non-hydrogen) atoms. The van der Waals surface area contributed by atoms with Crippen molar-refractivity contribution in [2.24, 2.45) is 11.7 Å². The van der Waals surface area contributed by atoms with Crippen LogP contribution >= 0.6 is 0 Å². The van der Waals surface area contributed by atoms with E-state index in [1.165, 1.54) is 9.80 Å². The number of amides is 1. The van der Waals surface area contributed by atoms with Gasteiger partial charge in [-0.2, -0.15) is 44.3 Å². The van der Waals surface area contributed by atoms with Gasteiger partial charge in [-0.25, -0.2) is 4.79 Å². The van der Waals surface area contributed by atoms with Gasteiger partial charge in [0.05, 0.1) is 41.1 Å². The number of anilines is 2. The highest BCUT2D eigenvalue weighted by molar-refractivity contribution is 5.91. The van der Waals surface area contributed by atoms with Crippen LogP contribution in [0.25, 0.3) is 0 Å². The van der Waals surface area contributed by atoms with Crippen molar-refractivity contribution in [1.29, 1.82) is 0 Å². The molecule has 1 aliphatic heterocycles. The molecule has 2 aliphatic rings. The van der Waals surface area contributed by atoms with Gasteiger partial charge >= 0.3 is 24.6 Å². The van der Waals surface area contributed by atoms with Gasteiger partial charge in [0.1, 0.15) is 0 Å². The van der Waals surface area contributed by atoms with Crippen molar-refractivity contribution >= 4 is 17.7 Å². The van der Waals surface area contributed by atoms with Crippen LogP contribution in [0.1, 0.15) is 67.0 Å². The average Bonchev–Trinajstić information content (AvgIpc) is 3.71. The Hall–Kier alpha value is -4.09. The summed E-state index contributed by atoms with van der Waals surface area (Å²) in [6, 6.07) is 1.98. The first kappa shape index (κ1) is 34.3. The Labute approximate surface area is 262 Å². The van der Waals surface area contributed by atoms with E-state index in [1.807, 2.05) is 0 Å². The summed E-state index contributed by atoms with van der Waals surface area (Å²) >= 11 is 0. The number of fused-ring (bicyclic) bond motifs is 1. The quantitative estimate of drug-likeness (QED) is 0.257. The minimum Gasteiger partial charge on any atom is -0.446 e. The summed E-state index contributed by atoms with van der Waals surface area (Å²) in [5.74, 6) is -0.369. The number of carbonyl (C=O) groups is 1. The second-order valence-electron chi connectivity index (χ2n) is 11.7. The SMILES string of the molecule is CC(C)OC(=O)N1c2ccc(C(F)(F)F)cc2[C@H](N(Cc2cc(C(F)(F)F)cc(C(F)(F)F)c2)c2nnn(CCN)n2)C[C@@H]1C1CC1. The molecule has 5 rings (SSSR count). The molecule has 2 aromatic carbocycles. The van der Waals surface area contributed by atoms with Crippen LogP contribution in [-0.4, -0.2) is 45.0 Å². The Bertz CT molecular complexity index is 1570. The van der Waals surface area contributed by atoms with Crippen molar-refractivity contribution in [2.45, 2.75) is 82.9 Å². The average molecular weight is 680 g/mol. The zero-order valence-electron chi connectivity index (χ0n) is 25.0. The lowest BCUT2D eigenvalue weighted by molar-refractivity contribution is -0.143. The molecule has 2 atom stereocenters. The van der Waals surface area contributed by atoms with E-state index in [-0.39, 0.29) is 48.7 Å². The Kier molecular flexibility index (Phi) is 9.11. The van der Waals surface area contributed by atoms with Gasteiger partial charge in [0.2, 0.25) is 0 Å². The lowest BCUT2D eigenvalue weighted by Crippen LogP contribution is -2.49. The Morgan fingerprint density at radius 1 is 0.957 bits per heavy atom. The van der Waals surface area contributed by atoms with Crippen LogP contribution in [0, 0.1) is 5.92 Å². The van der Waals surface area contributed by atoms with Gasteiger partial charge in [0.15, 0.2) is 0 Å². The van der Waals surface area contributed by atoms with E-state index in [4.69, 9.17) is 10.5 Å². The minimum atomic E-state index is -5.14. The maximum Gasteiger partial charge on any atom is 0.416 e. The number of hydrogen-bond donors (Lipinski definition) is 1. The fourth-order valence-electron chi connectivity index (χ4n) is 5.72. The number of ether oxygens (including phenoxy) is 1. The largest absolute Gasteiger partial charge is 0.446 e. The van der Waals surface area contributed by atoms with E-state index < -0.39 is 71.6 Å². The Morgan fingerprint density at radius 3 is 2.11 bits per heavy atom. The molecule has 1 aliphatic carbocycles. The van der Waals surface area contributed by atoms with Crippen LogP contribution in [-0.2, 0) is 36.4 Å². The van der Waals surface area contributed by atoms with Crippen LogP contribution in [0.15, 0.2) is 36.4 Å². The Morgan fingerprint density at radius 2 is 1.57 bits per heavy atom. The monoisotopic (exact) mass is 679 g/mol. The molecule has 2 heterocycles. The zero-order chi connectivity index (χ0) is 34.5. The van der Waals surface area contributed by atoms with E-state index in [9.17, 15) is 44.3 Å². The number of nitrogens with two attached hydrogens (primary N) is 1. The number of benzene rings is 2. The van der Waals surface area contributed by atoms with E-state index in [0.717, 1.165) is 23.0 Å². The molecule has 0 unspecified atom stereocenters. The standard InChI is InChI=1S/C29H30F9N7O2/c1-15(2)47-26(46)45-22-6-5-18(27(30,31)32)12-21(22)24(13-23(45)17-3-4-17)43(25-40-42-44(41-25)8-7-39)14-16-9-19(28(33,34)35)11-20(10-16)29(36,37)38/h5-6,9-12,15,17,23-24H,3-4,7-8,13-14,39H2,1-2H3/t23-,24-/m1/s1. The minimum absolute atomic E-state index is 0.0174. The Balaban J connectivity index is 1.71. The number of alkyl halides is 9. The lowest BCUT2D eigenvalue weighted by atomic mass is 9.86. The van der Waals surface area contributed by atoms with Crippen LogP contribution in [0.4, 0.5) is 55.9 Å². The molecule has 0 radical (unpaired) electrons. The van der Waals surface area contributed by atoms with Gasteiger partial charge in [0, 0.05) is 19.1 Å². The highest BCUT2D eigenvalue weighted by Crippen LogP contribution is 2.50. The van der Waals surface area contributed by atoms with Crippen molar-refractivity contribution in [3.05, 3.63) is 64.2 Å². The molecular weight excluding hydrogens is 649 g/mol. The van der Waals surface area contributed by atoms with Crippen LogP contribution < -0.4 is 15.5 Å². The van der Waals surface area contributed by atoms with Gasteiger partial charge in [-0.05, 0) is 91.8 Å². The van der Waals surface area contributed by atoms with E-state index >= 15 is 0 Å². The molecule has 9 nitrogen and oxygen atoms in total. The summed E-state index contributed by atoms with van der Waals surface area (Å²) in [5, 5.41) is 12.0. The summed E-state index contributed by atoms with van der Waals surface area (Å²) in [6.07, 6.45) is -15.2. The number of hydrogen-bond acceptors (Lipinski definition) is 7. The number of halogens is 9. The molecule has 1 amide bonds. The van der Waals surface area contributed by atoms with Crippen molar-refractivity contribution in [2.75, 3.05) is 16.3 Å². The number of rotatable bonds is 8. The van der Waals surface area contributed by atoms with Crippen LogP contribution in [0.2, 0.25) is 0 Å². The zero-order valence-corrected chi connectivity index (χ0v) is 25.0. The van der Waals surface area contributed by atoms with Gasteiger partial charge in [-0.1, -0.05) is 5.10 Å². The number of nitrogens with zero attached hydrogens (tertiary/aromatic N) is 6. The molecule has 1 saturated carbocycles. The summed E-state index contributed by atoms with van der Waals surface area (Å²) in [4.78, 5) is 16.9. The first-order valence-electron chi connectivity index (χ1n) is 14.6. The first-order chi connectivity index (χ1) is 21.9. The van der Waals surface area contributed by atoms with Crippen molar-refractivity contribution in [3.63, 3.8) is 0 Å². The molecular formula is C29H30F9N7O2. The molecule has 256 valence electrons. The lowest BCUT2D eigenvalue weighted by Gasteiger charge is -2.44. The van der Waals surface area contributed by atoms with Gasteiger partial charge in [0.25, 0.3) is 5.95 Å². The highest BCUT2D eigenvalue weighted by atomic mass is 19.4. The molecule has 1 aromatic heterocycles. The third-order valence-corrected chi connectivity index (χ3v) is 7.87. The maximum absolute atomic E-state index is 14.0. The van der Waals surface area contributed by atoms with Crippen molar-refractivity contribution in [1.82, 2.24) is 20.2 Å². The topological polar surface area (TPSA) is 102 Å².